The van der Waals surface area contributed by atoms with Gasteiger partial charge in [-0.05, 0) is 48.9 Å². The average Bonchev–Trinajstić information content (AvgIpc) is 3.31. The van der Waals surface area contributed by atoms with Gasteiger partial charge in [0, 0.05) is 34.0 Å². The lowest BCUT2D eigenvalue weighted by Crippen LogP contribution is -2.29. The molecular weight excluding hydrogens is 438 g/mol. The zero-order chi connectivity index (χ0) is 18.9. The van der Waals surface area contributed by atoms with Crippen LogP contribution in [0.3, 0.4) is 0 Å². The fourth-order valence-electron chi connectivity index (χ4n) is 3.66. The molecule has 0 heterocycles. The van der Waals surface area contributed by atoms with Crippen LogP contribution < -0.4 is 5.73 Å². The van der Waals surface area contributed by atoms with Crippen LogP contribution in [0.25, 0.3) is 0 Å². The maximum Gasteiger partial charge on any atom is 0.182 e. The van der Waals surface area contributed by atoms with E-state index in [1.165, 1.54) is 0 Å². The molecule has 140 valence electrons. The Balaban J connectivity index is 2.03. The number of rotatable bonds is 7. The van der Waals surface area contributed by atoms with E-state index in [1.807, 2.05) is 31.2 Å². The molecule has 1 fully saturated rings. The summed E-state index contributed by atoms with van der Waals surface area (Å²) in [7, 11) is -3.57. The van der Waals surface area contributed by atoms with Crippen molar-refractivity contribution in [1.82, 2.24) is 0 Å². The van der Waals surface area contributed by atoms with Gasteiger partial charge in [0.25, 0.3) is 0 Å². The lowest BCUT2D eigenvalue weighted by Gasteiger charge is -2.16. The predicted molar refractivity (Wildman–Crippen MR) is 107 cm³/mol. The fourth-order valence-corrected chi connectivity index (χ4v) is 6.49. The zero-order valence-electron chi connectivity index (χ0n) is 14.4. The molecular formula is C19H21BrClNO3S. The summed E-state index contributed by atoms with van der Waals surface area (Å²) in [6.45, 7) is 2.97. The summed E-state index contributed by atoms with van der Waals surface area (Å²) in [6, 6.07) is 14.0. The van der Waals surface area contributed by atoms with E-state index in [2.05, 4.69) is 15.9 Å². The van der Waals surface area contributed by atoms with Crippen LogP contribution in [0.4, 0.5) is 0 Å². The normalized spacial score (nSPS) is 25.2. The van der Waals surface area contributed by atoms with Gasteiger partial charge in [0.05, 0.1) is 16.8 Å². The number of benzene rings is 2. The molecule has 2 N–H and O–H groups in total. The third kappa shape index (κ3) is 3.45. The second-order valence-corrected chi connectivity index (χ2v) is 9.94. The lowest BCUT2D eigenvalue weighted by molar-refractivity contribution is 0.101. The Hall–Kier alpha value is -0.920. The number of hydrogen-bond donors (Lipinski definition) is 1. The smallest absolute Gasteiger partial charge is 0.182 e. The van der Waals surface area contributed by atoms with Crippen molar-refractivity contribution < 1.29 is 13.2 Å². The van der Waals surface area contributed by atoms with Crippen LogP contribution in [0.1, 0.15) is 18.4 Å². The van der Waals surface area contributed by atoms with Gasteiger partial charge in [-0.25, -0.2) is 8.42 Å². The van der Waals surface area contributed by atoms with Gasteiger partial charge in [0.15, 0.2) is 9.84 Å². The molecule has 1 saturated carbocycles. The van der Waals surface area contributed by atoms with Gasteiger partial charge in [-0.3, -0.25) is 0 Å². The van der Waals surface area contributed by atoms with Crippen LogP contribution in [-0.2, 0) is 14.6 Å². The van der Waals surface area contributed by atoms with Gasteiger partial charge in [0.2, 0.25) is 0 Å². The van der Waals surface area contributed by atoms with Crippen molar-refractivity contribution in [3.05, 3.63) is 63.6 Å². The van der Waals surface area contributed by atoms with Gasteiger partial charge in [0.1, 0.15) is 0 Å². The molecule has 0 aliphatic heterocycles. The molecule has 4 nitrogen and oxygen atoms in total. The first-order valence-electron chi connectivity index (χ1n) is 8.39. The molecule has 0 unspecified atom stereocenters. The predicted octanol–water partition coefficient (Wildman–Crippen LogP) is 4.02. The Morgan fingerprint density at radius 2 is 1.77 bits per heavy atom. The number of nitrogens with two attached hydrogens (primary N) is 1. The van der Waals surface area contributed by atoms with E-state index in [4.69, 9.17) is 22.1 Å². The van der Waals surface area contributed by atoms with E-state index in [-0.39, 0.29) is 17.4 Å². The van der Waals surface area contributed by atoms with Crippen molar-refractivity contribution in [2.45, 2.75) is 23.0 Å². The second kappa shape index (κ2) is 7.60. The van der Waals surface area contributed by atoms with Crippen molar-refractivity contribution in [2.24, 2.45) is 11.1 Å². The number of ether oxygens (including phenoxy) is 1. The third-order valence-electron chi connectivity index (χ3n) is 5.04. The summed E-state index contributed by atoms with van der Waals surface area (Å²) in [5.74, 6) is -0.201. The lowest BCUT2D eigenvalue weighted by atomic mass is 10.00. The highest BCUT2D eigenvalue weighted by atomic mass is 79.9. The minimum absolute atomic E-state index is 0.201. The SMILES string of the molecule is CCOC[C@]1(CN)[C@H](c2ccc(Br)cc2)[C@H]1S(=O)(=O)c1ccc(Cl)cc1. The minimum Gasteiger partial charge on any atom is -0.381 e. The topological polar surface area (TPSA) is 69.4 Å². The highest BCUT2D eigenvalue weighted by Crippen LogP contribution is 2.63. The van der Waals surface area contributed by atoms with Crippen LogP contribution in [0.2, 0.25) is 5.02 Å². The second-order valence-electron chi connectivity index (χ2n) is 6.52. The highest BCUT2D eigenvalue weighted by molar-refractivity contribution is 9.10. The molecule has 1 aliphatic carbocycles. The number of hydrogen-bond acceptors (Lipinski definition) is 4. The third-order valence-corrected chi connectivity index (χ3v) is 8.16. The molecule has 0 radical (unpaired) electrons. The van der Waals surface area contributed by atoms with E-state index in [0.29, 0.717) is 18.2 Å². The Morgan fingerprint density at radius 3 is 2.31 bits per heavy atom. The maximum absolute atomic E-state index is 13.3. The van der Waals surface area contributed by atoms with E-state index < -0.39 is 20.5 Å². The Morgan fingerprint density at radius 1 is 1.15 bits per heavy atom. The van der Waals surface area contributed by atoms with Gasteiger partial charge >= 0.3 is 0 Å². The molecule has 1 aliphatic rings. The summed E-state index contributed by atoms with van der Waals surface area (Å²) in [4.78, 5) is 0.265. The molecule has 0 saturated heterocycles. The first kappa shape index (κ1) is 19.8. The zero-order valence-corrected chi connectivity index (χ0v) is 17.5. The number of sulfone groups is 1. The molecule has 0 bridgehead atoms. The van der Waals surface area contributed by atoms with E-state index in [9.17, 15) is 8.42 Å². The van der Waals surface area contributed by atoms with Crippen molar-refractivity contribution in [1.29, 1.82) is 0 Å². The highest BCUT2D eigenvalue weighted by Gasteiger charge is 2.70. The first-order valence-corrected chi connectivity index (χ1v) is 11.1. The van der Waals surface area contributed by atoms with E-state index in [0.717, 1.165) is 10.0 Å². The molecule has 0 aromatic heterocycles. The van der Waals surface area contributed by atoms with Crippen molar-refractivity contribution in [3.63, 3.8) is 0 Å². The molecule has 26 heavy (non-hydrogen) atoms. The summed E-state index contributed by atoms with van der Waals surface area (Å²) >= 11 is 9.33. The van der Waals surface area contributed by atoms with Crippen LogP contribution in [0, 0.1) is 5.41 Å². The van der Waals surface area contributed by atoms with Crippen molar-refractivity contribution >= 4 is 37.4 Å². The average molecular weight is 459 g/mol. The molecule has 0 spiro atoms. The summed E-state index contributed by atoms with van der Waals surface area (Å²) in [5.41, 5.74) is 6.42. The molecule has 2 aromatic rings. The van der Waals surface area contributed by atoms with Gasteiger partial charge in [-0.2, -0.15) is 0 Å². The first-order chi connectivity index (χ1) is 12.4. The maximum atomic E-state index is 13.3. The van der Waals surface area contributed by atoms with Crippen molar-refractivity contribution in [2.75, 3.05) is 19.8 Å². The molecule has 7 heteroatoms. The fraction of sp³-hybridized carbons (Fsp3) is 0.368. The van der Waals surface area contributed by atoms with Crippen LogP contribution in [-0.4, -0.2) is 33.4 Å². The Labute approximate surface area is 167 Å². The van der Waals surface area contributed by atoms with E-state index >= 15 is 0 Å². The number of halogens is 2. The molecule has 3 atom stereocenters. The summed E-state index contributed by atoms with van der Waals surface area (Å²) < 4.78 is 33.2. The standard InChI is InChI=1S/C19H21BrClNO3S/c1-2-25-12-19(11-22)17(13-3-5-14(20)6-4-13)18(19)26(23,24)16-9-7-15(21)8-10-16/h3-10,17-18H,2,11-12,22H2,1H3/t17-,18-,19-/m1/s1. The quantitative estimate of drug-likeness (QED) is 0.680. The molecule has 0 amide bonds. The Bertz CT molecular complexity index is 871. The van der Waals surface area contributed by atoms with Crippen LogP contribution >= 0.6 is 27.5 Å². The molecule has 3 rings (SSSR count). The van der Waals surface area contributed by atoms with Gasteiger partial charge < -0.3 is 10.5 Å². The van der Waals surface area contributed by atoms with Crippen molar-refractivity contribution in [3.8, 4) is 0 Å². The van der Waals surface area contributed by atoms with Gasteiger partial charge in [-0.1, -0.05) is 39.7 Å². The minimum atomic E-state index is -3.57. The monoisotopic (exact) mass is 457 g/mol. The van der Waals surface area contributed by atoms with E-state index in [1.54, 1.807) is 24.3 Å². The Kier molecular flexibility index (Phi) is 5.80. The summed E-state index contributed by atoms with van der Waals surface area (Å²) in [5, 5.41) is -0.113. The van der Waals surface area contributed by atoms with Crippen LogP contribution in [0.15, 0.2) is 57.9 Å². The summed E-state index contributed by atoms with van der Waals surface area (Å²) in [6.07, 6.45) is 0. The van der Waals surface area contributed by atoms with Gasteiger partial charge in [-0.15, -0.1) is 0 Å². The molecule has 2 aromatic carbocycles. The van der Waals surface area contributed by atoms with Crippen LogP contribution in [0.5, 0.6) is 0 Å². The largest absolute Gasteiger partial charge is 0.381 e.